The zero-order chi connectivity index (χ0) is 84.4. The predicted molar refractivity (Wildman–Crippen MR) is 453 cm³/mol. The van der Waals surface area contributed by atoms with E-state index in [4.69, 9.17) is 83.0 Å². The lowest BCUT2D eigenvalue weighted by Gasteiger charge is -2.29. The van der Waals surface area contributed by atoms with Crippen LogP contribution in [0.4, 0.5) is 52.0 Å². The standard InChI is InChI=1S/C21H16N8O2.C21H25N7O.C17H15ClN4O2.C15H11ClN4O2.C7H6Cl2N2O2/c1-12-6-7-13-10-14(8-9-16(13)24-12)25-20-15(19(22)30)11-23-21(26-20)31-29-18-5-3-2-4-17(18)27-28-29;1-12-6-7-13-10-14(8-9-17(13)25-12)26-20-15(19(23)29)11-24-21(28-20)27-18-5-3-2-4-16(18)22;1-3-24-16(23)13-9-19-17(18)22-15(13)21-12-6-7-14-11(8-12)5-4-10(2)20-14;1-8-2-3-9-6-10(4-5-12(9)18-8)19-13-11(14(21)22)7-17-15(16)20-13;1-2-13-6(12)4-3-10-7(9)11-5(4)8/h2-11H,1H3,(H2,22,30)(H,23,25,26);6-11,16,18H,2-5,22H2,1H3,(H2,23,29)(H2,24,26,27,28);4-9H,3H2,1-2H3,(H,19,21,22);2-7H,1H3,(H,21,22)(H,17,19,20);3H,2H2,1H3/t;16-,18+;;;/m.0.../s1. The molecular weight excluding hydrogens is 1610 g/mol. The number of ether oxygens (including phenoxy) is 2. The number of carbonyl (C=O) groups is 5. The van der Waals surface area contributed by atoms with E-state index < -0.39 is 29.7 Å². The van der Waals surface area contributed by atoms with Gasteiger partial charge in [-0.05, 0) is 204 Å². The number of benzene rings is 5. The Kier molecular flexibility index (Phi) is 27.6. The van der Waals surface area contributed by atoms with E-state index in [9.17, 15) is 24.0 Å². The van der Waals surface area contributed by atoms with Crippen molar-refractivity contribution in [2.45, 2.75) is 79.3 Å². The number of anilines is 9. The van der Waals surface area contributed by atoms with Gasteiger partial charge in [-0.3, -0.25) is 29.5 Å². The monoisotopic (exact) mass is 1680 g/mol. The summed E-state index contributed by atoms with van der Waals surface area (Å²) in [5.74, 6) is -2.00. The van der Waals surface area contributed by atoms with Crippen LogP contribution in [0.15, 0.2) is 177 Å². The van der Waals surface area contributed by atoms with Crippen LogP contribution >= 0.6 is 46.4 Å². The van der Waals surface area contributed by atoms with E-state index >= 15 is 0 Å². The maximum Gasteiger partial charge on any atom is 0.347 e. The van der Waals surface area contributed by atoms with Gasteiger partial charge in [0.1, 0.15) is 61.5 Å². The number of aromatic nitrogens is 17. The molecule has 1 saturated carbocycles. The Hall–Kier alpha value is -14.2. The Morgan fingerprint density at radius 1 is 0.454 bits per heavy atom. The number of fused-ring (bicyclic) bond motifs is 5. The van der Waals surface area contributed by atoms with Gasteiger partial charge in [-0.1, -0.05) is 65.7 Å². The number of nitrogens with two attached hydrogens (primary N) is 3. The maximum absolute atomic E-state index is 12.0. The molecule has 2 amide bonds. The lowest BCUT2D eigenvalue weighted by Crippen LogP contribution is -2.43. The Morgan fingerprint density at radius 2 is 0.857 bits per heavy atom. The first-order chi connectivity index (χ1) is 57.3. The highest BCUT2D eigenvalue weighted by Gasteiger charge is 2.25. The van der Waals surface area contributed by atoms with Gasteiger partial charge in [-0.15, -0.1) is 5.10 Å². The number of pyridine rings is 4. The molecule has 604 valence electrons. The number of aryl methyl sites for hydroxylation is 4. The van der Waals surface area contributed by atoms with Crippen LogP contribution in [0.25, 0.3) is 54.6 Å². The minimum absolute atomic E-state index is 0.00144. The Morgan fingerprint density at radius 3 is 1.31 bits per heavy atom. The number of primary amides is 2. The number of halogens is 4. The molecule has 0 spiro atoms. The number of nitrogens with one attached hydrogen (secondary N) is 5. The van der Waals surface area contributed by atoms with E-state index in [1.54, 1.807) is 26.0 Å². The van der Waals surface area contributed by atoms with Crippen LogP contribution in [0.1, 0.15) is 114 Å². The largest absolute Gasteiger partial charge is 0.477 e. The van der Waals surface area contributed by atoms with Crippen LogP contribution in [0.5, 0.6) is 6.01 Å². The number of carbonyl (C=O) groups excluding carboxylic acids is 4. The normalized spacial score (nSPS) is 12.7. The van der Waals surface area contributed by atoms with Crippen molar-refractivity contribution in [1.82, 2.24) is 84.9 Å². The second-order valence-electron chi connectivity index (χ2n) is 26.2. The molecule has 15 aromatic rings. The van der Waals surface area contributed by atoms with Crippen LogP contribution in [0.2, 0.25) is 21.0 Å². The Bertz CT molecular complexity index is 6310. The molecule has 0 radical (unpaired) electrons. The predicted octanol–water partition coefficient (Wildman–Crippen LogP) is 14.9. The van der Waals surface area contributed by atoms with E-state index in [0.29, 0.717) is 40.0 Å². The lowest BCUT2D eigenvalue weighted by molar-refractivity contribution is 0.0516. The van der Waals surface area contributed by atoms with Crippen molar-refractivity contribution in [1.29, 1.82) is 0 Å². The highest BCUT2D eigenvalue weighted by Crippen LogP contribution is 2.31. The number of aromatic carboxylic acids is 1. The van der Waals surface area contributed by atoms with E-state index in [1.807, 2.05) is 161 Å². The van der Waals surface area contributed by atoms with Crippen molar-refractivity contribution in [3.05, 3.63) is 248 Å². The van der Waals surface area contributed by atoms with Crippen LogP contribution in [-0.4, -0.2) is 145 Å². The van der Waals surface area contributed by atoms with Gasteiger partial charge in [0.2, 0.25) is 21.8 Å². The molecule has 5 aromatic carbocycles. The van der Waals surface area contributed by atoms with Crippen LogP contribution in [-0.2, 0) is 9.47 Å². The fourth-order valence-corrected chi connectivity index (χ4v) is 12.4. The highest BCUT2D eigenvalue weighted by molar-refractivity contribution is 6.34. The van der Waals surface area contributed by atoms with Crippen LogP contribution in [0, 0.1) is 27.7 Å². The molecule has 0 bridgehead atoms. The molecule has 10 heterocycles. The van der Waals surface area contributed by atoms with Gasteiger partial charge in [0.25, 0.3) is 11.8 Å². The fourth-order valence-electron chi connectivity index (χ4n) is 11.8. The fraction of sp³-hybridized carbons (Fsp3) is 0.173. The molecule has 0 unspecified atom stereocenters. The number of hydrogen-bond donors (Lipinski definition) is 9. The zero-order valence-electron chi connectivity index (χ0n) is 64.2. The van der Waals surface area contributed by atoms with Crippen molar-refractivity contribution < 1.29 is 43.4 Å². The molecule has 1 aliphatic rings. The van der Waals surface area contributed by atoms with E-state index in [0.717, 1.165) is 103 Å². The zero-order valence-corrected chi connectivity index (χ0v) is 67.2. The summed E-state index contributed by atoms with van der Waals surface area (Å²) < 4.78 is 9.72. The van der Waals surface area contributed by atoms with Crippen molar-refractivity contribution in [2.75, 3.05) is 39.8 Å². The molecule has 12 N–H and O–H groups in total. The third kappa shape index (κ3) is 22.3. The second-order valence-corrected chi connectivity index (χ2v) is 27.5. The molecule has 119 heavy (non-hydrogen) atoms. The number of para-hydroxylation sites is 1. The summed E-state index contributed by atoms with van der Waals surface area (Å²) in [5.41, 5.74) is 29.4. The average Bonchev–Trinajstić information content (AvgIpc) is 1.30. The number of nitrogens with zero attached hydrogens (tertiary/aromatic N) is 17. The first kappa shape index (κ1) is 84.2. The van der Waals surface area contributed by atoms with Crippen molar-refractivity contribution in [2.24, 2.45) is 17.2 Å². The van der Waals surface area contributed by atoms with Crippen molar-refractivity contribution in [3.8, 4) is 6.01 Å². The summed E-state index contributed by atoms with van der Waals surface area (Å²) in [4.78, 5) is 123. The molecule has 0 saturated heterocycles. The Labute approximate surface area is 697 Å². The summed E-state index contributed by atoms with van der Waals surface area (Å²) in [5, 5.41) is 36.7. The number of carboxylic acids is 1. The minimum Gasteiger partial charge on any atom is -0.477 e. The molecule has 38 heteroatoms. The number of amides is 2. The summed E-state index contributed by atoms with van der Waals surface area (Å²) in [6, 6.07) is 45.7. The summed E-state index contributed by atoms with van der Waals surface area (Å²) in [7, 11) is 0. The molecule has 2 atom stereocenters. The third-order valence-electron chi connectivity index (χ3n) is 17.5. The topological polar surface area (TPSA) is 483 Å². The summed E-state index contributed by atoms with van der Waals surface area (Å²) >= 11 is 22.7. The average molecular weight is 1680 g/mol. The van der Waals surface area contributed by atoms with Gasteiger partial charge in [0.05, 0.1) is 35.3 Å². The maximum atomic E-state index is 12.0. The minimum atomic E-state index is -1.13. The van der Waals surface area contributed by atoms with Crippen LogP contribution < -0.4 is 48.6 Å². The van der Waals surface area contributed by atoms with Crippen LogP contribution in [0.3, 0.4) is 0 Å². The molecular formula is C81H73Cl4N25O9. The third-order valence-corrected chi connectivity index (χ3v) is 18.4. The van der Waals surface area contributed by atoms with Gasteiger partial charge < -0.3 is 63.2 Å². The van der Waals surface area contributed by atoms with Gasteiger partial charge in [-0.25, -0.2) is 44.3 Å². The van der Waals surface area contributed by atoms with E-state index in [2.05, 4.69) is 107 Å². The number of esters is 2. The first-order valence-electron chi connectivity index (χ1n) is 36.5. The molecule has 16 rings (SSSR count). The van der Waals surface area contributed by atoms with Gasteiger partial charge in [-0.2, -0.15) is 19.9 Å². The number of hydrogen-bond acceptors (Lipinski definition) is 30. The Balaban J connectivity index is 0.000000140. The van der Waals surface area contributed by atoms with E-state index in [1.165, 1.54) is 35.8 Å². The number of rotatable bonds is 19. The molecule has 0 aliphatic heterocycles. The summed E-state index contributed by atoms with van der Waals surface area (Å²) in [6.45, 7) is 11.7. The summed E-state index contributed by atoms with van der Waals surface area (Å²) in [6.07, 6.45) is 10.7. The molecule has 34 nitrogen and oxygen atoms in total. The van der Waals surface area contributed by atoms with Gasteiger partial charge in [0, 0.05) is 110 Å². The number of carboxylic acid groups (broad SMARTS) is 1. The van der Waals surface area contributed by atoms with Gasteiger partial charge in [0.15, 0.2) is 5.82 Å². The van der Waals surface area contributed by atoms with Crippen molar-refractivity contribution >= 4 is 183 Å². The van der Waals surface area contributed by atoms with E-state index in [-0.39, 0.29) is 91.8 Å². The lowest BCUT2D eigenvalue weighted by atomic mass is 9.91. The van der Waals surface area contributed by atoms with Crippen molar-refractivity contribution in [3.63, 3.8) is 0 Å². The highest BCUT2D eigenvalue weighted by atomic mass is 35.5. The smallest absolute Gasteiger partial charge is 0.347 e. The molecule has 10 aromatic heterocycles. The van der Waals surface area contributed by atoms with Gasteiger partial charge >= 0.3 is 23.9 Å². The first-order valence-corrected chi connectivity index (χ1v) is 38.0. The molecule has 1 aliphatic carbocycles. The SMILES string of the molecule is CCOC(=O)c1cnc(Cl)nc1Cl.CCOC(=O)c1cnc(Cl)nc1Nc1ccc2nc(C)ccc2c1.Cc1ccc2cc(Nc3nc(Cl)ncc3C(=O)O)ccc2n1.Cc1ccc2cc(Nc3nc(N[C@@H]4CCCC[C@@H]4N)ncc3C(N)=O)ccc2n1.Cc1ccc2cc(Nc3nc(On4nnc5ccccc54)ncc3C(N)=O)ccc2n1. The second kappa shape index (κ2) is 39.0. The quantitative estimate of drug-likeness (QED) is 0.0206. The molecule has 1 fully saturated rings.